The van der Waals surface area contributed by atoms with Crippen molar-refractivity contribution in [3.8, 4) is 22.8 Å². The highest BCUT2D eigenvalue weighted by atomic mass is 16.5. The van der Waals surface area contributed by atoms with Crippen molar-refractivity contribution in [3.63, 3.8) is 0 Å². The molecule has 1 aromatic carbocycles. The fourth-order valence-corrected chi connectivity index (χ4v) is 2.31. The maximum absolute atomic E-state index is 11.9. The Morgan fingerprint density at radius 1 is 1.29 bits per heavy atom. The van der Waals surface area contributed by atoms with E-state index in [4.69, 9.17) is 4.52 Å². The second-order valence-corrected chi connectivity index (χ2v) is 5.42. The number of hydrogen-bond donors (Lipinski definition) is 1. The van der Waals surface area contributed by atoms with Crippen LogP contribution in [0.2, 0.25) is 0 Å². The monoisotopic (exact) mass is 326 g/mol. The number of Topliss-reactive ketones (excluding diaryl/α,β-unsaturated/α-hetero) is 1. The Morgan fingerprint density at radius 3 is 2.75 bits per heavy atom. The van der Waals surface area contributed by atoms with Gasteiger partial charge in [0.05, 0.1) is 0 Å². The van der Waals surface area contributed by atoms with Gasteiger partial charge in [-0.15, -0.1) is 0 Å². The molecular weight excluding hydrogens is 312 g/mol. The Bertz CT molecular complexity index is 1060. The molecule has 0 amide bonds. The lowest BCUT2D eigenvalue weighted by Gasteiger charge is -2.02. The first-order valence-electron chi connectivity index (χ1n) is 7.13. The van der Waals surface area contributed by atoms with Gasteiger partial charge in [-0.3, -0.25) is 14.6 Å². The van der Waals surface area contributed by atoms with E-state index >= 15 is 0 Å². The lowest BCUT2D eigenvalue weighted by Crippen LogP contribution is -2.28. The molecule has 0 spiro atoms. The highest BCUT2D eigenvalue weighted by molar-refractivity contribution is 5.96. The van der Waals surface area contributed by atoms with Crippen molar-refractivity contribution in [1.82, 2.24) is 19.7 Å². The van der Waals surface area contributed by atoms with Gasteiger partial charge >= 0.3 is 5.69 Å². The van der Waals surface area contributed by atoms with Crippen LogP contribution in [0.15, 0.2) is 38.5 Å². The molecule has 0 saturated carbocycles. The summed E-state index contributed by atoms with van der Waals surface area (Å²) >= 11 is 0. The molecular formula is C16H14N4O4. The number of aryl methyl sites for hydroxylation is 2. The van der Waals surface area contributed by atoms with Gasteiger partial charge in [-0.05, 0) is 31.5 Å². The normalized spacial score (nSPS) is 10.8. The van der Waals surface area contributed by atoms with E-state index < -0.39 is 11.2 Å². The van der Waals surface area contributed by atoms with Crippen LogP contribution in [0.3, 0.4) is 0 Å². The minimum absolute atomic E-state index is 0.0619. The summed E-state index contributed by atoms with van der Waals surface area (Å²) < 4.78 is 6.41. The van der Waals surface area contributed by atoms with Gasteiger partial charge in [0.15, 0.2) is 5.78 Å². The van der Waals surface area contributed by atoms with E-state index in [1.165, 1.54) is 24.7 Å². The first kappa shape index (κ1) is 15.6. The Labute approximate surface area is 135 Å². The van der Waals surface area contributed by atoms with Crippen LogP contribution >= 0.6 is 0 Å². The maximum Gasteiger partial charge on any atom is 0.328 e. The van der Waals surface area contributed by atoms with Gasteiger partial charge in [-0.2, -0.15) is 4.98 Å². The average Bonchev–Trinajstić information content (AvgIpc) is 3.00. The molecule has 2 heterocycles. The predicted molar refractivity (Wildman–Crippen MR) is 85.8 cm³/mol. The van der Waals surface area contributed by atoms with Crippen molar-refractivity contribution in [3.05, 3.63) is 56.4 Å². The van der Waals surface area contributed by atoms with Gasteiger partial charge in [0.1, 0.15) is 5.56 Å². The number of aromatic amines is 1. The quantitative estimate of drug-likeness (QED) is 0.726. The van der Waals surface area contributed by atoms with Crippen molar-refractivity contribution in [1.29, 1.82) is 0 Å². The van der Waals surface area contributed by atoms with E-state index in [-0.39, 0.29) is 23.1 Å². The number of ketones is 1. The number of rotatable bonds is 3. The van der Waals surface area contributed by atoms with Crippen LogP contribution in [0.1, 0.15) is 22.8 Å². The topological polar surface area (TPSA) is 111 Å². The summed E-state index contributed by atoms with van der Waals surface area (Å²) in [5, 5.41) is 3.78. The van der Waals surface area contributed by atoms with E-state index in [1.807, 2.05) is 6.92 Å². The molecule has 8 nitrogen and oxygen atoms in total. The zero-order valence-corrected chi connectivity index (χ0v) is 13.3. The number of benzene rings is 1. The molecule has 0 unspecified atom stereocenters. The van der Waals surface area contributed by atoms with Crippen molar-refractivity contribution < 1.29 is 9.32 Å². The molecule has 0 radical (unpaired) electrons. The van der Waals surface area contributed by atoms with Crippen LogP contribution in [-0.2, 0) is 7.05 Å². The molecule has 0 bridgehead atoms. The Balaban J connectivity index is 2.08. The maximum atomic E-state index is 11.9. The summed E-state index contributed by atoms with van der Waals surface area (Å²) in [6.45, 7) is 3.32. The van der Waals surface area contributed by atoms with Gasteiger partial charge in [0, 0.05) is 24.4 Å². The first-order chi connectivity index (χ1) is 11.4. The summed E-state index contributed by atoms with van der Waals surface area (Å²) in [5.41, 5.74) is 0.973. The fraction of sp³-hybridized carbons (Fsp3) is 0.188. The van der Waals surface area contributed by atoms with E-state index in [0.717, 1.165) is 5.56 Å². The highest BCUT2D eigenvalue weighted by Crippen LogP contribution is 2.23. The number of nitrogens with one attached hydrogen (secondary N) is 1. The molecule has 0 atom stereocenters. The molecule has 0 saturated heterocycles. The second kappa shape index (κ2) is 5.73. The van der Waals surface area contributed by atoms with E-state index in [0.29, 0.717) is 11.1 Å². The Hall–Kier alpha value is -3.29. The van der Waals surface area contributed by atoms with Gasteiger partial charge in [-0.25, -0.2) is 4.79 Å². The van der Waals surface area contributed by atoms with Gasteiger partial charge in [0.2, 0.25) is 5.82 Å². The third kappa shape index (κ3) is 2.69. The average molecular weight is 326 g/mol. The summed E-state index contributed by atoms with van der Waals surface area (Å²) in [7, 11) is 1.50. The number of H-pyrrole nitrogens is 1. The van der Waals surface area contributed by atoms with Crippen LogP contribution < -0.4 is 11.2 Å². The van der Waals surface area contributed by atoms with Crippen LogP contribution in [0.25, 0.3) is 22.8 Å². The lowest BCUT2D eigenvalue weighted by atomic mass is 10.0. The number of aromatic nitrogens is 4. The molecule has 0 aliphatic heterocycles. The summed E-state index contributed by atoms with van der Waals surface area (Å²) in [6, 6.07) is 5.21. The number of nitrogens with zero attached hydrogens (tertiary/aromatic N) is 3. The molecule has 3 rings (SSSR count). The minimum Gasteiger partial charge on any atom is -0.334 e. The third-order valence-electron chi connectivity index (χ3n) is 3.64. The van der Waals surface area contributed by atoms with E-state index in [9.17, 15) is 14.4 Å². The lowest BCUT2D eigenvalue weighted by molar-refractivity contribution is 0.101. The van der Waals surface area contributed by atoms with Gasteiger partial charge in [-0.1, -0.05) is 11.2 Å². The fourth-order valence-electron chi connectivity index (χ4n) is 2.31. The molecule has 0 fully saturated rings. The standard InChI is InChI=1S/C16H14N4O4/c1-8-4-5-10(6-11(8)9(2)21)15-17-13(19-24-15)12-7-20(3)16(23)18-14(12)22/h4-7H,1-3H3,(H,18,22,23). The molecule has 3 aromatic rings. The van der Waals surface area contributed by atoms with Crippen LogP contribution in [0.5, 0.6) is 0 Å². The molecule has 2 aromatic heterocycles. The first-order valence-corrected chi connectivity index (χ1v) is 7.13. The second-order valence-electron chi connectivity index (χ2n) is 5.42. The van der Waals surface area contributed by atoms with Crippen molar-refractivity contribution in [2.24, 2.45) is 7.05 Å². The van der Waals surface area contributed by atoms with Crippen LogP contribution in [0.4, 0.5) is 0 Å². The molecule has 0 aliphatic carbocycles. The molecule has 122 valence electrons. The Morgan fingerprint density at radius 2 is 2.04 bits per heavy atom. The van der Waals surface area contributed by atoms with Crippen molar-refractivity contribution in [2.75, 3.05) is 0 Å². The largest absolute Gasteiger partial charge is 0.334 e. The molecule has 8 heteroatoms. The number of hydrogen-bond acceptors (Lipinski definition) is 6. The van der Waals surface area contributed by atoms with Crippen molar-refractivity contribution in [2.45, 2.75) is 13.8 Å². The SMILES string of the molecule is CC(=O)c1cc(-c2nc(-c3cn(C)c(=O)[nH]c3=O)no2)ccc1C. The zero-order chi connectivity index (χ0) is 17.4. The third-order valence-corrected chi connectivity index (χ3v) is 3.64. The summed E-state index contributed by atoms with van der Waals surface area (Å²) in [6.07, 6.45) is 1.34. The van der Waals surface area contributed by atoms with Gasteiger partial charge in [0.25, 0.3) is 11.4 Å². The zero-order valence-electron chi connectivity index (χ0n) is 13.3. The number of carbonyl (C=O) groups is 1. The van der Waals surface area contributed by atoms with Crippen LogP contribution in [0, 0.1) is 6.92 Å². The summed E-state index contributed by atoms with van der Waals surface area (Å²) in [4.78, 5) is 41.3. The van der Waals surface area contributed by atoms with E-state index in [1.54, 1.807) is 18.2 Å². The minimum atomic E-state index is -0.598. The predicted octanol–water partition coefficient (Wildman–Crippen LogP) is 1.30. The van der Waals surface area contributed by atoms with Gasteiger partial charge < -0.3 is 9.09 Å². The van der Waals surface area contributed by atoms with Crippen molar-refractivity contribution >= 4 is 5.78 Å². The molecule has 0 aliphatic rings. The molecule has 1 N–H and O–H groups in total. The smallest absolute Gasteiger partial charge is 0.328 e. The number of carbonyl (C=O) groups excluding carboxylic acids is 1. The molecule has 24 heavy (non-hydrogen) atoms. The Kier molecular flexibility index (Phi) is 3.72. The van der Waals surface area contributed by atoms with E-state index in [2.05, 4.69) is 15.1 Å². The highest BCUT2D eigenvalue weighted by Gasteiger charge is 2.16. The van der Waals surface area contributed by atoms with Crippen LogP contribution in [-0.4, -0.2) is 25.5 Å². The summed E-state index contributed by atoms with van der Waals surface area (Å²) in [5.74, 6) is 0.177.